The fourth-order valence-electron chi connectivity index (χ4n) is 1.36. The molecule has 1 aromatic heterocycles. The Bertz CT molecular complexity index is 511. The van der Waals surface area contributed by atoms with Crippen LogP contribution in [0.5, 0.6) is 0 Å². The molecule has 0 aromatic carbocycles. The van der Waals surface area contributed by atoms with Crippen molar-refractivity contribution in [2.75, 3.05) is 6.54 Å². The molecule has 0 saturated carbocycles. The first-order valence-electron chi connectivity index (χ1n) is 5.58. The van der Waals surface area contributed by atoms with Gasteiger partial charge in [-0.3, -0.25) is 9.59 Å². The van der Waals surface area contributed by atoms with Gasteiger partial charge in [0.1, 0.15) is 0 Å². The van der Waals surface area contributed by atoms with E-state index in [9.17, 15) is 9.59 Å². The molecule has 0 aliphatic rings. The second-order valence-electron chi connectivity index (χ2n) is 4.43. The van der Waals surface area contributed by atoms with Crippen LogP contribution in [0.1, 0.15) is 13.8 Å². The van der Waals surface area contributed by atoms with Gasteiger partial charge in [-0.25, -0.2) is 0 Å². The molecule has 94 valence electrons. The molecule has 1 aromatic rings. The summed E-state index contributed by atoms with van der Waals surface area (Å²) in [7, 11) is 1.56. The van der Waals surface area contributed by atoms with Crippen LogP contribution in [0.15, 0.2) is 34.1 Å². The van der Waals surface area contributed by atoms with Gasteiger partial charge in [0, 0.05) is 38.6 Å². The monoisotopic (exact) mass is 237 g/mol. The summed E-state index contributed by atoms with van der Waals surface area (Å²) in [5.41, 5.74) is -0.160. The van der Waals surface area contributed by atoms with Gasteiger partial charge in [0.05, 0.1) is 0 Å². The van der Waals surface area contributed by atoms with Gasteiger partial charge in [0.25, 0.3) is 0 Å². The molecular weight excluding hydrogens is 218 g/mol. The summed E-state index contributed by atoms with van der Waals surface area (Å²) in [6, 6.07) is 0.368. The summed E-state index contributed by atoms with van der Waals surface area (Å²) < 4.78 is 2.65. The van der Waals surface area contributed by atoms with Gasteiger partial charge in [0.2, 0.25) is 0 Å². The molecule has 1 N–H and O–H groups in total. The van der Waals surface area contributed by atoms with Crippen LogP contribution in [0.3, 0.4) is 0 Å². The van der Waals surface area contributed by atoms with Gasteiger partial charge in [-0.15, -0.1) is 0 Å². The first-order valence-corrected chi connectivity index (χ1v) is 5.58. The lowest BCUT2D eigenvalue weighted by Crippen LogP contribution is -2.40. The zero-order valence-corrected chi connectivity index (χ0v) is 10.6. The van der Waals surface area contributed by atoms with E-state index in [4.69, 9.17) is 0 Å². The summed E-state index contributed by atoms with van der Waals surface area (Å²) in [6.07, 6.45) is 3.18. The maximum Gasteiger partial charge on any atom is 0.316 e. The van der Waals surface area contributed by atoms with E-state index in [1.165, 1.54) is 9.13 Å². The van der Waals surface area contributed by atoms with Gasteiger partial charge >= 0.3 is 11.1 Å². The van der Waals surface area contributed by atoms with Crippen molar-refractivity contribution < 1.29 is 0 Å². The first-order chi connectivity index (χ1) is 7.91. The van der Waals surface area contributed by atoms with Crippen LogP contribution in [-0.4, -0.2) is 21.7 Å². The average Bonchev–Trinajstić information content (AvgIpc) is 2.27. The highest BCUT2D eigenvalue weighted by Crippen LogP contribution is 1.93. The van der Waals surface area contributed by atoms with E-state index in [1.54, 1.807) is 19.4 Å². The second-order valence-corrected chi connectivity index (χ2v) is 4.43. The number of nitrogens with zero attached hydrogens (tertiary/aromatic N) is 2. The van der Waals surface area contributed by atoms with Crippen molar-refractivity contribution in [3.05, 3.63) is 45.3 Å². The van der Waals surface area contributed by atoms with Crippen molar-refractivity contribution in [3.63, 3.8) is 0 Å². The molecule has 0 radical (unpaired) electrons. The Morgan fingerprint density at radius 3 is 2.59 bits per heavy atom. The topological polar surface area (TPSA) is 56.0 Å². The van der Waals surface area contributed by atoms with Crippen molar-refractivity contribution in [2.45, 2.75) is 26.4 Å². The van der Waals surface area contributed by atoms with Crippen LogP contribution in [0, 0.1) is 0 Å². The number of nitrogens with one attached hydrogen (secondary N) is 1. The summed E-state index contributed by atoms with van der Waals surface area (Å²) in [5, 5.41) is 3.21. The van der Waals surface area contributed by atoms with Crippen molar-refractivity contribution in [1.29, 1.82) is 0 Å². The number of hydrogen-bond donors (Lipinski definition) is 1. The predicted octanol–water partition coefficient (Wildman–Crippen LogP) is 0.101. The minimum absolute atomic E-state index is 0.368. The summed E-state index contributed by atoms with van der Waals surface area (Å²) >= 11 is 0. The molecule has 1 heterocycles. The van der Waals surface area contributed by atoms with Crippen LogP contribution in [0.4, 0.5) is 0 Å². The van der Waals surface area contributed by atoms with Crippen molar-refractivity contribution in [2.24, 2.45) is 7.05 Å². The van der Waals surface area contributed by atoms with Crippen LogP contribution in [0.2, 0.25) is 0 Å². The zero-order chi connectivity index (χ0) is 13.0. The Labute approximate surface area is 100 Å². The lowest BCUT2D eigenvalue weighted by atomic mass is 10.2. The van der Waals surface area contributed by atoms with E-state index in [0.717, 1.165) is 5.57 Å². The van der Waals surface area contributed by atoms with Crippen LogP contribution < -0.4 is 16.4 Å². The van der Waals surface area contributed by atoms with Crippen LogP contribution in [-0.2, 0) is 13.6 Å². The van der Waals surface area contributed by atoms with E-state index in [2.05, 4.69) is 11.9 Å². The quantitative estimate of drug-likeness (QED) is 0.584. The third-order valence-corrected chi connectivity index (χ3v) is 2.39. The van der Waals surface area contributed by atoms with Gasteiger partial charge in [0.15, 0.2) is 0 Å². The molecule has 0 aliphatic heterocycles. The molecule has 0 fully saturated rings. The number of aromatic nitrogens is 2. The standard InChI is InChI=1S/C12H19N3O2/c1-9(2)13-7-10(3)8-15-6-5-14(4)11(16)12(15)17/h5-6,9,13H,3,7-8H2,1-2,4H3. The van der Waals surface area contributed by atoms with Crippen molar-refractivity contribution in [1.82, 2.24) is 14.5 Å². The highest BCUT2D eigenvalue weighted by Gasteiger charge is 2.04. The van der Waals surface area contributed by atoms with Crippen LogP contribution in [0.25, 0.3) is 0 Å². The molecule has 0 unspecified atom stereocenters. The van der Waals surface area contributed by atoms with E-state index >= 15 is 0 Å². The Hall–Kier alpha value is -1.62. The maximum absolute atomic E-state index is 11.6. The molecule has 0 aliphatic carbocycles. The normalized spacial score (nSPS) is 10.8. The highest BCUT2D eigenvalue weighted by molar-refractivity contribution is 4.99. The summed E-state index contributed by atoms with van der Waals surface area (Å²) in [6.45, 7) is 8.97. The maximum atomic E-state index is 11.6. The highest BCUT2D eigenvalue weighted by atomic mass is 16.2. The molecule has 0 amide bonds. The Kier molecular flexibility index (Phi) is 4.45. The number of hydrogen-bond acceptors (Lipinski definition) is 3. The molecule has 0 atom stereocenters. The molecule has 0 spiro atoms. The Morgan fingerprint density at radius 2 is 2.00 bits per heavy atom. The Morgan fingerprint density at radius 1 is 1.35 bits per heavy atom. The summed E-state index contributed by atoms with van der Waals surface area (Å²) in [4.78, 5) is 23.1. The van der Waals surface area contributed by atoms with Crippen molar-refractivity contribution in [3.8, 4) is 0 Å². The second kappa shape index (κ2) is 5.63. The van der Waals surface area contributed by atoms with E-state index in [0.29, 0.717) is 19.1 Å². The fraction of sp³-hybridized carbons (Fsp3) is 0.500. The van der Waals surface area contributed by atoms with Crippen LogP contribution >= 0.6 is 0 Å². The molecule has 0 saturated heterocycles. The SMILES string of the molecule is C=C(CNC(C)C)Cn1ccn(C)c(=O)c1=O. The van der Waals surface area contributed by atoms with Gasteiger partial charge in [-0.2, -0.15) is 0 Å². The lowest BCUT2D eigenvalue weighted by molar-refractivity contribution is 0.595. The molecular formula is C12H19N3O2. The Balaban J connectivity index is 2.76. The third-order valence-electron chi connectivity index (χ3n) is 2.39. The number of aryl methyl sites for hydroxylation is 1. The molecule has 5 nitrogen and oxygen atoms in total. The minimum Gasteiger partial charge on any atom is -0.312 e. The third kappa shape index (κ3) is 3.71. The number of rotatable bonds is 5. The summed E-state index contributed by atoms with van der Waals surface area (Å²) in [5.74, 6) is 0. The first kappa shape index (κ1) is 13.4. The average molecular weight is 237 g/mol. The van der Waals surface area contributed by atoms with Crippen molar-refractivity contribution >= 4 is 0 Å². The fourth-order valence-corrected chi connectivity index (χ4v) is 1.36. The van der Waals surface area contributed by atoms with E-state index in [1.807, 2.05) is 13.8 Å². The van der Waals surface area contributed by atoms with Gasteiger partial charge in [-0.1, -0.05) is 20.4 Å². The lowest BCUT2D eigenvalue weighted by Gasteiger charge is -2.12. The smallest absolute Gasteiger partial charge is 0.312 e. The predicted molar refractivity (Wildman–Crippen MR) is 68.2 cm³/mol. The minimum atomic E-state index is -0.517. The molecule has 0 bridgehead atoms. The largest absolute Gasteiger partial charge is 0.316 e. The molecule has 1 rings (SSSR count). The van der Waals surface area contributed by atoms with E-state index in [-0.39, 0.29) is 0 Å². The van der Waals surface area contributed by atoms with E-state index < -0.39 is 11.1 Å². The van der Waals surface area contributed by atoms with Gasteiger partial charge < -0.3 is 14.5 Å². The molecule has 5 heteroatoms. The zero-order valence-electron chi connectivity index (χ0n) is 10.6. The molecule has 17 heavy (non-hydrogen) atoms. The van der Waals surface area contributed by atoms with Gasteiger partial charge in [-0.05, 0) is 5.57 Å².